The van der Waals surface area contributed by atoms with Crippen molar-refractivity contribution in [2.75, 3.05) is 10.6 Å². The fourth-order valence-electron chi connectivity index (χ4n) is 2.57. The van der Waals surface area contributed by atoms with Crippen LogP contribution < -0.4 is 16.0 Å². The van der Waals surface area contributed by atoms with Crippen molar-refractivity contribution in [2.24, 2.45) is 0 Å². The van der Waals surface area contributed by atoms with Gasteiger partial charge in [-0.05, 0) is 54.2 Å². The predicted octanol–water partition coefficient (Wildman–Crippen LogP) is 5.12. The number of thiocarbonyl (C=S) groups is 1. The van der Waals surface area contributed by atoms with Crippen LogP contribution in [0.25, 0.3) is 6.08 Å². The van der Waals surface area contributed by atoms with Gasteiger partial charge < -0.3 is 10.6 Å². The second kappa shape index (κ2) is 10.3. The lowest BCUT2D eigenvalue weighted by Crippen LogP contribution is -2.32. The Morgan fingerprint density at radius 3 is 2.23 bits per heavy atom. The molecule has 0 aliphatic heterocycles. The first-order chi connectivity index (χ1) is 14.5. The normalized spacial score (nSPS) is 10.4. The summed E-state index contributed by atoms with van der Waals surface area (Å²) in [6, 6.07) is 23.2. The van der Waals surface area contributed by atoms with Crippen LogP contribution in [0.1, 0.15) is 15.9 Å². The maximum absolute atomic E-state index is 12.4. The third kappa shape index (κ3) is 6.27. The van der Waals surface area contributed by atoms with Crippen LogP contribution in [0.15, 0.2) is 84.9 Å². The molecule has 7 heteroatoms. The van der Waals surface area contributed by atoms with Crippen LogP contribution in [-0.4, -0.2) is 16.9 Å². The van der Waals surface area contributed by atoms with Crippen LogP contribution in [0.3, 0.4) is 0 Å². The first-order valence-electron chi connectivity index (χ1n) is 9.02. The van der Waals surface area contributed by atoms with E-state index in [0.29, 0.717) is 22.0 Å². The molecule has 0 heterocycles. The van der Waals surface area contributed by atoms with E-state index in [4.69, 9.17) is 23.8 Å². The summed E-state index contributed by atoms with van der Waals surface area (Å²) in [7, 11) is 0. The van der Waals surface area contributed by atoms with E-state index >= 15 is 0 Å². The average molecular weight is 436 g/mol. The number of carbonyl (C=O) groups excluding carboxylic acids is 2. The molecule has 150 valence electrons. The van der Waals surface area contributed by atoms with Gasteiger partial charge in [-0.1, -0.05) is 60.1 Å². The molecule has 0 saturated heterocycles. The maximum atomic E-state index is 12.4. The van der Waals surface area contributed by atoms with Gasteiger partial charge in [0.05, 0.1) is 10.6 Å². The van der Waals surface area contributed by atoms with Crippen molar-refractivity contribution in [3.8, 4) is 0 Å². The number of benzene rings is 3. The summed E-state index contributed by atoms with van der Waals surface area (Å²) >= 11 is 11.2. The van der Waals surface area contributed by atoms with Crippen LogP contribution in [-0.2, 0) is 4.79 Å². The second-order valence-corrected chi connectivity index (χ2v) is 7.02. The number of rotatable bonds is 5. The van der Waals surface area contributed by atoms with Gasteiger partial charge in [-0.3, -0.25) is 14.9 Å². The van der Waals surface area contributed by atoms with Gasteiger partial charge in [-0.2, -0.15) is 0 Å². The van der Waals surface area contributed by atoms with Crippen LogP contribution in [0.2, 0.25) is 5.02 Å². The zero-order chi connectivity index (χ0) is 21.3. The van der Waals surface area contributed by atoms with Crippen molar-refractivity contribution in [1.29, 1.82) is 0 Å². The summed E-state index contributed by atoms with van der Waals surface area (Å²) in [5, 5.41) is 8.81. The lowest BCUT2D eigenvalue weighted by Gasteiger charge is -2.11. The molecule has 0 aliphatic carbocycles. The second-order valence-electron chi connectivity index (χ2n) is 6.20. The highest BCUT2D eigenvalue weighted by Gasteiger charge is 2.10. The zero-order valence-electron chi connectivity index (χ0n) is 15.8. The lowest BCUT2D eigenvalue weighted by molar-refractivity contribution is -0.115. The standard InChI is InChI=1S/C23H18ClN3O2S/c24-20-12-5-4-11-19(20)22(29)25-17-9-6-10-18(15-17)26-23(30)27-21(28)14-13-16-7-2-1-3-8-16/h1-15H,(H,25,29)(H2,26,27,28,30)/b14-13+. The van der Waals surface area contributed by atoms with Crippen LogP contribution >= 0.6 is 23.8 Å². The summed E-state index contributed by atoms with van der Waals surface area (Å²) in [5.74, 6) is -0.667. The lowest BCUT2D eigenvalue weighted by atomic mass is 10.2. The van der Waals surface area contributed by atoms with Crippen LogP contribution in [0.4, 0.5) is 11.4 Å². The monoisotopic (exact) mass is 435 g/mol. The number of amides is 2. The van der Waals surface area contributed by atoms with Crippen molar-refractivity contribution in [3.63, 3.8) is 0 Å². The predicted molar refractivity (Wildman–Crippen MR) is 126 cm³/mol. The topological polar surface area (TPSA) is 70.2 Å². The molecule has 3 rings (SSSR count). The molecule has 0 radical (unpaired) electrons. The molecule has 3 aromatic carbocycles. The Morgan fingerprint density at radius 1 is 0.833 bits per heavy atom. The number of halogens is 1. The van der Waals surface area contributed by atoms with Crippen molar-refractivity contribution in [1.82, 2.24) is 5.32 Å². The Labute approximate surface area is 184 Å². The molecule has 0 aromatic heterocycles. The first kappa shape index (κ1) is 21.2. The molecular formula is C23H18ClN3O2S. The highest BCUT2D eigenvalue weighted by Crippen LogP contribution is 2.19. The molecule has 0 bridgehead atoms. The highest BCUT2D eigenvalue weighted by molar-refractivity contribution is 7.80. The third-order valence-electron chi connectivity index (χ3n) is 3.96. The molecule has 3 aromatic rings. The molecule has 30 heavy (non-hydrogen) atoms. The zero-order valence-corrected chi connectivity index (χ0v) is 17.3. The van der Waals surface area contributed by atoms with E-state index < -0.39 is 0 Å². The molecule has 0 unspecified atom stereocenters. The molecule has 2 amide bonds. The minimum atomic E-state index is -0.348. The summed E-state index contributed by atoms with van der Waals surface area (Å²) in [6.07, 6.45) is 3.10. The summed E-state index contributed by atoms with van der Waals surface area (Å²) < 4.78 is 0. The molecule has 0 atom stereocenters. The Bertz CT molecular complexity index is 1100. The molecule has 0 fully saturated rings. The smallest absolute Gasteiger partial charge is 0.257 e. The van der Waals surface area contributed by atoms with Gasteiger partial charge in [0.2, 0.25) is 5.91 Å². The van der Waals surface area contributed by atoms with Crippen LogP contribution in [0.5, 0.6) is 0 Å². The number of anilines is 2. The summed E-state index contributed by atoms with van der Waals surface area (Å²) in [5.41, 5.74) is 2.46. The number of hydrogen-bond acceptors (Lipinski definition) is 3. The van der Waals surface area contributed by atoms with E-state index in [0.717, 1.165) is 5.56 Å². The van der Waals surface area contributed by atoms with Crippen LogP contribution in [0, 0.1) is 0 Å². The van der Waals surface area contributed by atoms with Crippen molar-refractivity contribution in [3.05, 3.63) is 101 Å². The minimum absolute atomic E-state index is 0.146. The molecule has 0 saturated carbocycles. The number of hydrogen-bond donors (Lipinski definition) is 3. The van der Waals surface area contributed by atoms with E-state index in [9.17, 15) is 9.59 Å². The average Bonchev–Trinajstić information content (AvgIpc) is 2.73. The van der Waals surface area contributed by atoms with Gasteiger partial charge in [0, 0.05) is 17.5 Å². The van der Waals surface area contributed by atoms with E-state index in [1.165, 1.54) is 6.08 Å². The van der Waals surface area contributed by atoms with Crippen molar-refractivity contribution < 1.29 is 9.59 Å². The largest absolute Gasteiger partial charge is 0.332 e. The molecule has 0 spiro atoms. The van der Waals surface area contributed by atoms with Crippen molar-refractivity contribution >= 4 is 58.2 Å². The highest BCUT2D eigenvalue weighted by atomic mass is 35.5. The quantitative estimate of drug-likeness (QED) is 0.384. The fraction of sp³-hybridized carbons (Fsp3) is 0. The summed E-state index contributed by atoms with van der Waals surface area (Å²) in [6.45, 7) is 0. The number of nitrogens with one attached hydrogen (secondary N) is 3. The van der Waals surface area contributed by atoms with Gasteiger partial charge >= 0.3 is 0 Å². The van der Waals surface area contributed by atoms with E-state index in [2.05, 4.69) is 16.0 Å². The first-order valence-corrected chi connectivity index (χ1v) is 9.81. The Morgan fingerprint density at radius 2 is 1.50 bits per heavy atom. The van der Waals surface area contributed by atoms with Gasteiger partial charge in [0.25, 0.3) is 5.91 Å². The Kier molecular flexibility index (Phi) is 7.32. The van der Waals surface area contributed by atoms with E-state index in [1.807, 2.05) is 30.3 Å². The molecule has 5 nitrogen and oxygen atoms in total. The van der Waals surface area contributed by atoms with Gasteiger partial charge in [0.15, 0.2) is 5.11 Å². The van der Waals surface area contributed by atoms with Gasteiger partial charge in [-0.25, -0.2) is 0 Å². The maximum Gasteiger partial charge on any atom is 0.257 e. The molecular weight excluding hydrogens is 418 g/mol. The summed E-state index contributed by atoms with van der Waals surface area (Å²) in [4.78, 5) is 24.4. The SMILES string of the molecule is O=C(/C=C/c1ccccc1)NC(=S)Nc1cccc(NC(=O)c2ccccc2Cl)c1. The van der Waals surface area contributed by atoms with E-state index in [-0.39, 0.29) is 16.9 Å². The van der Waals surface area contributed by atoms with Gasteiger partial charge in [0.1, 0.15) is 0 Å². The van der Waals surface area contributed by atoms with Crippen molar-refractivity contribution in [2.45, 2.75) is 0 Å². The number of carbonyl (C=O) groups is 2. The minimum Gasteiger partial charge on any atom is -0.332 e. The molecule has 3 N–H and O–H groups in total. The van der Waals surface area contributed by atoms with E-state index in [1.54, 1.807) is 54.6 Å². The Hall–Kier alpha value is -3.48. The third-order valence-corrected chi connectivity index (χ3v) is 4.49. The fourth-order valence-corrected chi connectivity index (χ4v) is 3.01. The van der Waals surface area contributed by atoms with Gasteiger partial charge in [-0.15, -0.1) is 0 Å². The Balaban J connectivity index is 1.57. The molecule has 0 aliphatic rings.